The molecule has 2 aromatic rings. The third-order valence-corrected chi connectivity index (χ3v) is 9.99. The first kappa shape index (κ1) is 33.5. The van der Waals surface area contributed by atoms with Crippen molar-refractivity contribution in [2.24, 2.45) is 5.92 Å². The van der Waals surface area contributed by atoms with Gasteiger partial charge in [-0.1, -0.05) is 44.2 Å². The number of carbonyl (C=O) groups is 1. The van der Waals surface area contributed by atoms with Crippen LogP contribution >= 0.6 is 23.2 Å². The van der Waals surface area contributed by atoms with Crippen molar-refractivity contribution in [1.29, 1.82) is 0 Å². The second-order valence-electron chi connectivity index (χ2n) is 11.9. The molecule has 0 spiro atoms. The molecule has 1 aliphatic heterocycles. The molecule has 1 heterocycles. The van der Waals surface area contributed by atoms with Crippen molar-refractivity contribution >= 4 is 40.5 Å². The van der Waals surface area contributed by atoms with Crippen LogP contribution in [-0.4, -0.2) is 63.2 Å². The van der Waals surface area contributed by atoms with Crippen LogP contribution in [0, 0.1) is 5.92 Å². The molecule has 0 bridgehead atoms. The zero-order chi connectivity index (χ0) is 28.8. The Labute approximate surface area is 253 Å². The van der Waals surface area contributed by atoms with Gasteiger partial charge in [-0.2, -0.15) is 0 Å². The number of aliphatic hydroxyl groups is 1. The minimum Gasteiger partial charge on any atom is -0.390 e. The number of benzene rings is 2. The van der Waals surface area contributed by atoms with Gasteiger partial charge in [-0.05, 0) is 81.5 Å². The van der Waals surface area contributed by atoms with Crippen molar-refractivity contribution in [1.82, 2.24) is 10.6 Å². The van der Waals surface area contributed by atoms with Crippen LogP contribution in [0.25, 0.3) is 0 Å². The van der Waals surface area contributed by atoms with Crippen LogP contribution in [0.5, 0.6) is 0 Å². The van der Waals surface area contributed by atoms with E-state index in [9.17, 15) is 19.0 Å². The third-order valence-electron chi connectivity index (χ3n) is 8.05. The number of β-amino-alcohol motifs (C(OH)–C–C–N with tert-alkyl or cyclic N) is 1. The summed E-state index contributed by atoms with van der Waals surface area (Å²) in [5, 5.41) is 21.3. The second-order valence-corrected chi connectivity index (χ2v) is 14.0. The summed E-state index contributed by atoms with van der Waals surface area (Å²) in [6.07, 6.45) is 5.86. The Bertz CT molecular complexity index is 1120. The molecule has 1 saturated carbocycles. The topological polar surface area (TPSA) is 117 Å². The third kappa shape index (κ3) is 9.49. The predicted octanol–water partition coefficient (Wildman–Crippen LogP) is 6.07. The Morgan fingerprint density at radius 3 is 2.46 bits per heavy atom. The fourth-order valence-corrected chi connectivity index (χ4v) is 7.07. The van der Waals surface area contributed by atoms with Gasteiger partial charge in [0.15, 0.2) is 0 Å². The molecular weight excluding hydrogens is 560 g/mol. The molecule has 2 aliphatic rings. The van der Waals surface area contributed by atoms with Crippen molar-refractivity contribution in [3.63, 3.8) is 0 Å². The molecule has 0 aromatic heterocycles. The second kappa shape index (κ2) is 14.9. The molecular formula is C31H49ClN4O4S. The molecule has 41 heavy (non-hydrogen) atoms. The van der Waals surface area contributed by atoms with Crippen LogP contribution in [0.4, 0.5) is 11.4 Å². The Kier molecular flexibility index (Phi) is 12.2. The first-order valence-electron chi connectivity index (χ1n) is 14.8. The van der Waals surface area contributed by atoms with Gasteiger partial charge in [-0.3, -0.25) is 18.2 Å². The Balaban J connectivity index is 0.00000462. The highest BCUT2D eigenvalue weighted by atomic mass is 35.5. The SMILES string of the molecule is CCNc1cc(C(=O)N[C@@H](Cc2ccccc2)[C@H](O)CNC2(CCC(C)C)CC2)cc(N2CCCCS2(O)O)c1.Cl. The van der Waals surface area contributed by atoms with Crippen LogP contribution in [0.1, 0.15) is 75.2 Å². The van der Waals surface area contributed by atoms with Gasteiger partial charge in [0.1, 0.15) is 0 Å². The highest BCUT2D eigenvalue weighted by molar-refractivity contribution is 8.25. The summed E-state index contributed by atoms with van der Waals surface area (Å²) in [5.74, 6) is 0.678. The highest BCUT2D eigenvalue weighted by Gasteiger charge is 2.42. The lowest BCUT2D eigenvalue weighted by Crippen LogP contribution is -2.50. The van der Waals surface area contributed by atoms with E-state index in [4.69, 9.17) is 0 Å². The van der Waals surface area contributed by atoms with Crippen molar-refractivity contribution in [3.05, 3.63) is 59.7 Å². The maximum Gasteiger partial charge on any atom is 0.251 e. The average Bonchev–Trinajstić information content (AvgIpc) is 3.70. The number of aliphatic hydroxyl groups excluding tert-OH is 1. The van der Waals surface area contributed by atoms with Gasteiger partial charge < -0.3 is 21.1 Å². The van der Waals surface area contributed by atoms with Gasteiger partial charge in [0.25, 0.3) is 5.91 Å². The van der Waals surface area contributed by atoms with E-state index >= 15 is 0 Å². The maximum absolute atomic E-state index is 13.7. The van der Waals surface area contributed by atoms with Gasteiger partial charge in [-0.15, -0.1) is 23.2 Å². The van der Waals surface area contributed by atoms with E-state index < -0.39 is 22.9 Å². The smallest absolute Gasteiger partial charge is 0.251 e. The van der Waals surface area contributed by atoms with E-state index in [1.165, 1.54) is 0 Å². The summed E-state index contributed by atoms with van der Waals surface area (Å²) in [5.41, 5.74) is 2.93. The number of rotatable bonds is 14. The van der Waals surface area contributed by atoms with Crippen LogP contribution in [0.2, 0.25) is 0 Å². The fourth-order valence-electron chi connectivity index (χ4n) is 5.40. The summed E-state index contributed by atoms with van der Waals surface area (Å²) in [4.78, 5) is 13.7. The molecule has 0 unspecified atom stereocenters. The zero-order valence-electron chi connectivity index (χ0n) is 24.6. The molecule has 2 fully saturated rings. The monoisotopic (exact) mass is 608 g/mol. The van der Waals surface area contributed by atoms with Crippen LogP contribution in [0.15, 0.2) is 48.5 Å². The first-order chi connectivity index (χ1) is 19.1. The number of hydrogen-bond acceptors (Lipinski definition) is 7. The van der Waals surface area contributed by atoms with Crippen molar-refractivity contribution < 1.29 is 19.0 Å². The molecule has 6 N–H and O–H groups in total. The molecule has 10 heteroatoms. The lowest BCUT2D eigenvalue weighted by molar-refractivity contribution is 0.0821. The predicted molar refractivity (Wildman–Crippen MR) is 174 cm³/mol. The molecule has 2 atom stereocenters. The summed E-state index contributed by atoms with van der Waals surface area (Å²) in [6.45, 7) is 8.06. The largest absolute Gasteiger partial charge is 0.390 e. The number of nitrogens with one attached hydrogen (secondary N) is 3. The van der Waals surface area contributed by atoms with Gasteiger partial charge in [-0.25, -0.2) is 0 Å². The number of amides is 1. The Morgan fingerprint density at radius 1 is 1.10 bits per heavy atom. The van der Waals surface area contributed by atoms with Crippen molar-refractivity contribution in [3.8, 4) is 0 Å². The molecule has 4 rings (SSSR count). The van der Waals surface area contributed by atoms with E-state index in [0.29, 0.717) is 49.0 Å². The molecule has 1 amide bonds. The summed E-state index contributed by atoms with van der Waals surface area (Å²) < 4.78 is 23.1. The molecule has 1 saturated heterocycles. The van der Waals surface area contributed by atoms with Crippen LogP contribution in [-0.2, 0) is 6.42 Å². The molecule has 2 aromatic carbocycles. The van der Waals surface area contributed by atoms with Crippen molar-refractivity contribution in [2.45, 2.75) is 83.4 Å². The van der Waals surface area contributed by atoms with Crippen molar-refractivity contribution in [2.75, 3.05) is 35.0 Å². The van der Waals surface area contributed by atoms with E-state index in [2.05, 4.69) is 29.8 Å². The normalized spacial score (nSPS) is 19.5. The van der Waals surface area contributed by atoms with Gasteiger partial charge >= 0.3 is 0 Å². The maximum atomic E-state index is 13.7. The number of nitrogens with zero attached hydrogens (tertiary/aromatic N) is 1. The van der Waals surface area contributed by atoms with E-state index in [0.717, 1.165) is 49.8 Å². The molecule has 1 aliphatic carbocycles. The summed E-state index contributed by atoms with van der Waals surface area (Å²) >= 11 is 0. The lowest BCUT2D eigenvalue weighted by Gasteiger charge is -2.47. The molecule has 8 nitrogen and oxygen atoms in total. The number of hydrogen-bond donors (Lipinski definition) is 6. The quantitative estimate of drug-likeness (QED) is 0.154. The number of carbonyl (C=O) groups excluding carboxylic acids is 1. The van der Waals surface area contributed by atoms with E-state index in [1.807, 2.05) is 43.3 Å². The van der Waals surface area contributed by atoms with E-state index in [-0.39, 0.29) is 23.9 Å². The average molecular weight is 609 g/mol. The Morgan fingerprint density at radius 2 is 1.83 bits per heavy atom. The molecule has 0 radical (unpaired) electrons. The summed E-state index contributed by atoms with van der Waals surface area (Å²) in [6, 6.07) is 14.8. The number of halogens is 1. The number of anilines is 2. The minimum atomic E-state index is -2.93. The molecule has 230 valence electrons. The fraction of sp³-hybridized carbons (Fsp3) is 0.581. The van der Waals surface area contributed by atoms with Crippen LogP contribution in [0.3, 0.4) is 0 Å². The van der Waals surface area contributed by atoms with Gasteiger partial charge in [0, 0.05) is 36.4 Å². The minimum absolute atomic E-state index is 0. The Hall–Kier alpha value is -2.01. The zero-order valence-corrected chi connectivity index (χ0v) is 26.3. The first-order valence-corrected chi connectivity index (χ1v) is 16.5. The van der Waals surface area contributed by atoms with Gasteiger partial charge in [0.05, 0.1) is 23.6 Å². The van der Waals surface area contributed by atoms with E-state index in [1.54, 1.807) is 16.4 Å². The summed E-state index contributed by atoms with van der Waals surface area (Å²) in [7, 11) is -2.93. The lowest BCUT2D eigenvalue weighted by atomic mass is 9.98. The highest BCUT2D eigenvalue weighted by Crippen LogP contribution is 2.50. The van der Waals surface area contributed by atoms with Gasteiger partial charge in [0.2, 0.25) is 0 Å². The standard InChI is InChI=1S/C31H48N4O4S.ClH/c1-4-32-26-19-25(20-27(21-26)35-16-8-9-17-40(35,38)39)30(37)34-28(18-24-10-6-5-7-11-24)29(36)22-33-31(14-15-31)13-12-23(2)3;/h5-7,10-11,19-21,23,28-29,32-33,36,38-39H,4,8-9,12-18,22H2,1-3H3,(H,34,37);1H/t28-,29+;/m0./s1. The van der Waals surface area contributed by atoms with Crippen LogP contribution < -0.4 is 20.3 Å².